The zero-order valence-electron chi connectivity index (χ0n) is 9.24. The van der Waals surface area contributed by atoms with Crippen LogP contribution in [0.25, 0.3) is 5.65 Å². The van der Waals surface area contributed by atoms with Gasteiger partial charge in [0.2, 0.25) is 0 Å². The fourth-order valence-electron chi connectivity index (χ4n) is 2.16. The van der Waals surface area contributed by atoms with Crippen molar-refractivity contribution in [1.29, 1.82) is 0 Å². The molecule has 5 nitrogen and oxygen atoms in total. The molecule has 3 rings (SSSR count). The molecule has 1 saturated heterocycles. The first kappa shape index (κ1) is 9.59. The Morgan fingerprint density at radius 2 is 2.25 bits per heavy atom. The lowest BCUT2D eigenvalue weighted by molar-refractivity contribution is 0.566. The topological polar surface area (TPSA) is 59.5 Å². The van der Waals surface area contributed by atoms with Gasteiger partial charge in [-0.05, 0) is 12.0 Å². The van der Waals surface area contributed by atoms with Crippen molar-refractivity contribution in [3.63, 3.8) is 0 Å². The molecule has 0 bridgehead atoms. The Hall–Kier alpha value is -1.62. The van der Waals surface area contributed by atoms with Gasteiger partial charge in [-0.3, -0.25) is 0 Å². The first-order valence-electron chi connectivity index (χ1n) is 5.55. The number of fused-ring (bicyclic) bond motifs is 1. The fourth-order valence-corrected chi connectivity index (χ4v) is 2.16. The number of rotatable bonds is 1. The van der Waals surface area contributed by atoms with Gasteiger partial charge in [0.05, 0.1) is 6.20 Å². The molecule has 0 radical (unpaired) electrons. The number of anilines is 1. The van der Waals surface area contributed by atoms with E-state index in [-0.39, 0.29) is 6.04 Å². The average molecular weight is 217 g/mol. The van der Waals surface area contributed by atoms with Crippen molar-refractivity contribution < 1.29 is 0 Å². The van der Waals surface area contributed by atoms with E-state index in [0.29, 0.717) is 5.92 Å². The van der Waals surface area contributed by atoms with Crippen LogP contribution in [-0.2, 0) is 0 Å². The van der Waals surface area contributed by atoms with E-state index in [0.717, 1.165) is 24.6 Å². The molecule has 84 valence electrons. The minimum atomic E-state index is 0.253. The molecule has 0 saturated carbocycles. The standard InChI is InChI=1S/C11H15N5/c1-8-6-15(7-9(8)12)10-3-5-16-11(14-10)2-4-13-16/h2-5,8-9H,6-7,12H2,1H3. The smallest absolute Gasteiger partial charge is 0.157 e. The van der Waals surface area contributed by atoms with E-state index in [1.807, 2.05) is 18.3 Å². The van der Waals surface area contributed by atoms with Gasteiger partial charge in [0, 0.05) is 31.4 Å². The second kappa shape index (κ2) is 3.45. The highest BCUT2D eigenvalue weighted by molar-refractivity contribution is 5.48. The van der Waals surface area contributed by atoms with Crippen LogP contribution >= 0.6 is 0 Å². The summed E-state index contributed by atoms with van der Waals surface area (Å²) in [5.41, 5.74) is 6.89. The van der Waals surface area contributed by atoms with E-state index < -0.39 is 0 Å². The summed E-state index contributed by atoms with van der Waals surface area (Å²) in [6, 6.07) is 4.15. The zero-order chi connectivity index (χ0) is 11.1. The van der Waals surface area contributed by atoms with Crippen LogP contribution in [0.15, 0.2) is 24.5 Å². The third-order valence-corrected chi connectivity index (χ3v) is 3.24. The second-order valence-electron chi connectivity index (χ2n) is 4.47. The van der Waals surface area contributed by atoms with E-state index in [1.165, 1.54) is 0 Å². The van der Waals surface area contributed by atoms with Crippen LogP contribution in [0.4, 0.5) is 5.82 Å². The molecule has 2 atom stereocenters. The molecule has 0 aromatic carbocycles. The molecule has 2 aromatic rings. The summed E-state index contributed by atoms with van der Waals surface area (Å²) in [5.74, 6) is 1.52. The lowest BCUT2D eigenvalue weighted by atomic mass is 10.1. The van der Waals surface area contributed by atoms with Crippen molar-refractivity contribution >= 4 is 11.5 Å². The van der Waals surface area contributed by atoms with Gasteiger partial charge in [-0.2, -0.15) is 5.10 Å². The van der Waals surface area contributed by atoms with Crippen LogP contribution in [0.3, 0.4) is 0 Å². The van der Waals surface area contributed by atoms with Crippen LogP contribution in [-0.4, -0.2) is 33.7 Å². The Bertz CT molecular complexity index is 496. The summed E-state index contributed by atoms with van der Waals surface area (Å²) in [7, 11) is 0. The molecule has 0 aliphatic carbocycles. The van der Waals surface area contributed by atoms with Crippen LogP contribution in [0.5, 0.6) is 0 Å². The van der Waals surface area contributed by atoms with E-state index in [4.69, 9.17) is 5.73 Å². The lowest BCUT2D eigenvalue weighted by Crippen LogP contribution is -2.28. The Morgan fingerprint density at radius 1 is 1.38 bits per heavy atom. The Morgan fingerprint density at radius 3 is 3.00 bits per heavy atom. The normalized spacial score (nSPS) is 25.5. The number of aromatic nitrogens is 3. The zero-order valence-corrected chi connectivity index (χ0v) is 9.24. The molecule has 2 aromatic heterocycles. The van der Waals surface area contributed by atoms with Crippen molar-refractivity contribution in [2.45, 2.75) is 13.0 Å². The highest BCUT2D eigenvalue weighted by Crippen LogP contribution is 2.21. The largest absolute Gasteiger partial charge is 0.355 e. The highest BCUT2D eigenvalue weighted by Gasteiger charge is 2.27. The molecular formula is C11H15N5. The molecule has 3 heterocycles. The van der Waals surface area contributed by atoms with Gasteiger partial charge >= 0.3 is 0 Å². The first-order chi connectivity index (χ1) is 7.74. The number of nitrogens with two attached hydrogens (primary N) is 1. The van der Waals surface area contributed by atoms with E-state index in [9.17, 15) is 0 Å². The second-order valence-corrected chi connectivity index (χ2v) is 4.47. The highest BCUT2D eigenvalue weighted by atomic mass is 15.3. The van der Waals surface area contributed by atoms with Gasteiger partial charge < -0.3 is 10.6 Å². The predicted octanol–water partition coefficient (Wildman–Crippen LogP) is 0.513. The SMILES string of the molecule is CC1CN(c2ccn3nccc3n2)CC1N. The molecule has 2 unspecified atom stereocenters. The maximum absolute atomic E-state index is 6.01. The van der Waals surface area contributed by atoms with Crippen molar-refractivity contribution in [3.8, 4) is 0 Å². The van der Waals surface area contributed by atoms with E-state index in [2.05, 4.69) is 21.9 Å². The summed E-state index contributed by atoms with van der Waals surface area (Å²) in [6.07, 6.45) is 3.69. The number of hydrogen-bond donors (Lipinski definition) is 1. The summed E-state index contributed by atoms with van der Waals surface area (Å²) in [5, 5.41) is 4.13. The summed E-state index contributed by atoms with van der Waals surface area (Å²) < 4.78 is 1.77. The predicted molar refractivity (Wildman–Crippen MR) is 62.3 cm³/mol. The van der Waals surface area contributed by atoms with Gasteiger partial charge in [0.1, 0.15) is 5.82 Å². The first-order valence-corrected chi connectivity index (χ1v) is 5.55. The Balaban J connectivity index is 1.94. The number of hydrogen-bond acceptors (Lipinski definition) is 4. The third-order valence-electron chi connectivity index (χ3n) is 3.24. The monoisotopic (exact) mass is 217 g/mol. The summed E-state index contributed by atoms with van der Waals surface area (Å²) in [4.78, 5) is 6.80. The van der Waals surface area contributed by atoms with Gasteiger partial charge in [-0.1, -0.05) is 6.92 Å². The molecule has 2 N–H and O–H groups in total. The van der Waals surface area contributed by atoms with Crippen molar-refractivity contribution in [2.24, 2.45) is 11.7 Å². The van der Waals surface area contributed by atoms with Crippen molar-refractivity contribution in [2.75, 3.05) is 18.0 Å². The average Bonchev–Trinajstić information content (AvgIpc) is 2.85. The van der Waals surface area contributed by atoms with Crippen molar-refractivity contribution in [1.82, 2.24) is 14.6 Å². The van der Waals surface area contributed by atoms with Crippen LogP contribution in [0.2, 0.25) is 0 Å². The van der Waals surface area contributed by atoms with E-state index >= 15 is 0 Å². The minimum Gasteiger partial charge on any atom is -0.355 e. The molecule has 5 heteroatoms. The lowest BCUT2D eigenvalue weighted by Gasteiger charge is -2.16. The maximum atomic E-state index is 6.01. The maximum Gasteiger partial charge on any atom is 0.157 e. The summed E-state index contributed by atoms with van der Waals surface area (Å²) in [6.45, 7) is 4.05. The quantitative estimate of drug-likeness (QED) is 0.756. The molecule has 1 aliphatic rings. The van der Waals surface area contributed by atoms with Gasteiger partial charge in [-0.25, -0.2) is 9.50 Å². The molecule has 16 heavy (non-hydrogen) atoms. The van der Waals surface area contributed by atoms with Gasteiger partial charge in [-0.15, -0.1) is 0 Å². The number of nitrogens with zero attached hydrogens (tertiary/aromatic N) is 4. The van der Waals surface area contributed by atoms with Crippen molar-refractivity contribution in [3.05, 3.63) is 24.5 Å². The van der Waals surface area contributed by atoms with Gasteiger partial charge in [0.25, 0.3) is 0 Å². The van der Waals surface area contributed by atoms with Crippen LogP contribution in [0.1, 0.15) is 6.92 Å². The Kier molecular flexibility index (Phi) is 2.07. The van der Waals surface area contributed by atoms with Crippen LogP contribution in [0, 0.1) is 5.92 Å². The third kappa shape index (κ3) is 1.44. The molecule has 0 spiro atoms. The molecule has 1 fully saturated rings. The fraction of sp³-hybridized carbons (Fsp3) is 0.455. The summed E-state index contributed by atoms with van der Waals surface area (Å²) >= 11 is 0. The van der Waals surface area contributed by atoms with Crippen LogP contribution < -0.4 is 10.6 Å². The molecule has 0 amide bonds. The molecule has 1 aliphatic heterocycles. The minimum absolute atomic E-state index is 0.253. The van der Waals surface area contributed by atoms with Gasteiger partial charge in [0.15, 0.2) is 5.65 Å². The Labute approximate surface area is 93.9 Å². The van der Waals surface area contributed by atoms with E-state index in [1.54, 1.807) is 10.7 Å². The molecular weight excluding hydrogens is 202 g/mol.